The van der Waals surface area contributed by atoms with E-state index in [0.29, 0.717) is 18.3 Å². The van der Waals surface area contributed by atoms with Crippen LogP contribution in [0.3, 0.4) is 0 Å². The van der Waals surface area contributed by atoms with Gasteiger partial charge in [0.25, 0.3) is 0 Å². The zero-order chi connectivity index (χ0) is 32.3. The molecule has 5 N–H and O–H groups in total. The molecule has 4 bridgehead atoms. The molecule has 244 valence electrons. The third-order valence-corrected chi connectivity index (χ3v) is 10.3. The van der Waals surface area contributed by atoms with E-state index < -0.39 is 23.6 Å². The average molecular weight is 629 g/mol. The Kier molecular flexibility index (Phi) is 9.33. The van der Waals surface area contributed by atoms with E-state index in [1.165, 1.54) is 6.42 Å². The topological polar surface area (TPSA) is 150 Å². The number of rotatable bonds is 13. The van der Waals surface area contributed by atoms with Gasteiger partial charge in [-0.2, -0.15) is 0 Å². The number of H-pyrrole nitrogens is 1. The molecule has 10 heteroatoms. The molecule has 3 aromatic rings. The number of nitrogens with one attached hydrogen (secondary N) is 4. The molecule has 2 aromatic carbocycles. The number of fused-ring (bicyclic) bond motifs is 1. The number of para-hydroxylation sites is 1. The summed E-state index contributed by atoms with van der Waals surface area (Å²) in [5, 5.41) is 18.8. The van der Waals surface area contributed by atoms with E-state index >= 15 is 0 Å². The first-order chi connectivity index (χ1) is 22.2. The molecule has 1 aromatic heterocycles. The van der Waals surface area contributed by atoms with Crippen molar-refractivity contribution in [2.45, 2.75) is 82.4 Å². The van der Waals surface area contributed by atoms with Crippen LogP contribution in [0.5, 0.6) is 0 Å². The zero-order valence-corrected chi connectivity index (χ0v) is 26.3. The molecular weight excluding hydrogens is 584 g/mol. The molecule has 4 fully saturated rings. The molecule has 4 saturated carbocycles. The fourth-order valence-electron chi connectivity index (χ4n) is 8.31. The molecule has 4 aliphatic carbocycles. The highest BCUT2D eigenvalue weighted by atomic mass is 16.6. The standard InChI is InChI=1S/C36H44N4O6/c1-36(20-27-21-38-30-10-6-5-9-28(27)30,40-35(45)46-33-25-16-22-15-23(18-25)19-26(33)17-22)34(44)37-14-13-29(24-7-3-2-4-8-24)39-31(41)11-12-32(42)43/h2-10,21-23,25-26,29,33,38H,11-20H2,1H3,(H,37,44)(H,39,41)(H,40,45)(H,42,43)/t22?,23?,25?,26?,29-,33?,36+/m0/s1. The number of aromatic nitrogens is 1. The van der Waals surface area contributed by atoms with Gasteiger partial charge < -0.3 is 30.8 Å². The average Bonchev–Trinajstić information content (AvgIpc) is 3.43. The Bertz CT molecular complexity index is 1540. The second-order valence-electron chi connectivity index (χ2n) is 13.8. The minimum atomic E-state index is -1.32. The summed E-state index contributed by atoms with van der Waals surface area (Å²) < 4.78 is 6.14. The Morgan fingerprint density at radius 1 is 0.935 bits per heavy atom. The van der Waals surface area contributed by atoms with Crippen LogP contribution < -0.4 is 16.0 Å². The Labute approximate surface area is 269 Å². The third kappa shape index (κ3) is 7.21. The highest BCUT2D eigenvalue weighted by Crippen LogP contribution is 2.54. The van der Waals surface area contributed by atoms with Crippen LogP contribution >= 0.6 is 0 Å². The number of aromatic amines is 1. The summed E-state index contributed by atoms with van der Waals surface area (Å²) >= 11 is 0. The summed E-state index contributed by atoms with van der Waals surface area (Å²) in [4.78, 5) is 54.3. The van der Waals surface area contributed by atoms with Gasteiger partial charge >= 0.3 is 12.1 Å². The predicted molar refractivity (Wildman–Crippen MR) is 173 cm³/mol. The van der Waals surface area contributed by atoms with Crippen molar-refractivity contribution in [2.75, 3.05) is 6.54 Å². The minimum Gasteiger partial charge on any atom is -0.481 e. The monoisotopic (exact) mass is 628 g/mol. The Morgan fingerprint density at radius 2 is 1.61 bits per heavy atom. The molecule has 7 rings (SSSR count). The number of carboxylic acids is 1. The summed E-state index contributed by atoms with van der Waals surface area (Å²) in [7, 11) is 0. The van der Waals surface area contributed by atoms with E-state index in [0.717, 1.165) is 59.5 Å². The van der Waals surface area contributed by atoms with Crippen molar-refractivity contribution in [1.29, 1.82) is 0 Å². The van der Waals surface area contributed by atoms with Crippen LogP contribution in [0.15, 0.2) is 60.8 Å². The molecule has 0 radical (unpaired) electrons. The smallest absolute Gasteiger partial charge is 0.408 e. The number of hydrogen-bond donors (Lipinski definition) is 5. The molecule has 2 atom stereocenters. The number of alkyl carbamates (subject to hydrolysis) is 1. The number of carboxylic acid groups (broad SMARTS) is 1. The van der Waals surface area contributed by atoms with Crippen LogP contribution in [-0.4, -0.2) is 52.2 Å². The second kappa shape index (κ2) is 13.6. The van der Waals surface area contributed by atoms with Gasteiger partial charge in [-0.3, -0.25) is 14.4 Å². The maximum absolute atomic E-state index is 14.0. The maximum atomic E-state index is 14.0. The summed E-state index contributed by atoms with van der Waals surface area (Å²) in [6.07, 6.45) is 7.20. The van der Waals surface area contributed by atoms with Gasteiger partial charge in [0.2, 0.25) is 11.8 Å². The van der Waals surface area contributed by atoms with Crippen molar-refractivity contribution in [3.63, 3.8) is 0 Å². The van der Waals surface area contributed by atoms with Crippen molar-refractivity contribution < 1.29 is 29.0 Å². The number of aliphatic carboxylic acids is 1. The number of ether oxygens (including phenoxy) is 1. The number of hydrogen-bond acceptors (Lipinski definition) is 5. The Hall–Kier alpha value is -4.34. The number of carbonyl (C=O) groups is 4. The first-order valence-corrected chi connectivity index (χ1v) is 16.5. The zero-order valence-electron chi connectivity index (χ0n) is 26.3. The van der Waals surface area contributed by atoms with E-state index in [-0.39, 0.29) is 43.7 Å². The van der Waals surface area contributed by atoms with E-state index in [9.17, 15) is 19.2 Å². The van der Waals surface area contributed by atoms with E-state index in [1.54, 1.807) is 6.92 Å². The molecule has 10 nitrogen and oxygen atoms in total. The molecule has 0 spiro atoms. The molecule has 0 saturated heterocycles. The lowest BCUT2D eigenvalue weighted by Gasteiger charge is -2.53. The predicted octanol–water partition coefficient (Wildman–Crippen LogP) is 5.25. The number of amides is 3. The lowest BCUT2D eigenvalue weighted by molar-refractivity contribution is -0.139. The lowest BCUT2D eigenvalue weighted by Crippen LogP contribution is -2.60. The highest BCUT2D eigenvalue weighted by Gasteiger charge is 2.50. The Morgan fingerprint density at radius 3 is 2.30 bits per heavy atom. The molecule has 0 aliphatic heterocycles. The van der Waals surface area contributed by atoms with Crippen molar-refractivity contribution in [1.82, 2.24) is 20.9 Å². The number of carbonyl (C=O) groups excluding carboxylic acids is 3. The molecular formula is C36H44N4O6. The third-order valence-electron chi connectivity index (χ3n) is 10.3. The first-order valence-electron chi connectivity index (χ1n) is 16.5. The van der Waals surface area contributed by atoms with Crippen LogP contribution in [0, 0.1) is 23.7 Å². The highest BCUT2D eigenvalue weighted by molar-refractivity contribution is 5.91. The van der Waals surface area contributed by atoms with Crippen LogP contribution in [0.1, 0.15) is 75.5 Å². The molecule has 0 unspecified atom stereocenters. The van der Waals surface area contributed by atoms with Gasteiger partial charge in [-0.05, 0) is 86.3 Å². The molecule has 1 heterocycles. The molecule has 4 aliphatic rings. The second-order valence-corrected chi connectivity index (χ2v) is 13.8. The van der Waals surface area contributed by atoms with Crippen molar-refractivity contribution in [2.24, 2.45) is 23.7 Å². The van der Waals surface area contributed by atoms with Gasteiger partial charge in [0.15, 0.2) is 0 Å². The SMILES string of the molecule is C[C@](Cc1c[nH]c2ccccc12)(NC(=O)OC1C2CC3CC(C2)CC1C3)C(=O)NCC[C@H](NC(=O)CCC(=O)O)c1ccccc1. The lowest BCUT2D eigenvalue weighted by atomic mass is 9.55. The summed E-state index contributed by atoms with van der Waals surface area (Å²) in [5.74, 6) is 0.537. The van der Waals surface area contributed by atoms with Crippen LogP contribution in [-0.2, 0) is 25.5 Å². The minimum absolute atomic E-state index is 0.107. The summed E-state index contributed by atoms with van der Waals surface area (Å²) in [6.45, 7) is 1.94. The van der Waals surface area contributed by atoms with E-state index in [4.69, 9.17) is 9.84 Å². The maximum Gasteiger partial charge on any atom is 0.408 e. The fraction of sp³-hybridized carbons (Fsp3) is 0.500. The van der Waals surface area contributed by atoms with Crippen molar-refractivity contribution >= 4 is 34.8 Å². The van der Waals surface area contributed by atoms with Gasteiger partial charge in [-0.1, -0.05) is 48.5 Å². The van der Waals surface area contributed by atoms with Gasteiger partial charge in [0.05, 0.1) is 12.5 Å². The van der Waals surface area contributed by atoms with Crippen molar-refractivity contribution in [3.8, 4) is 0 Å². The van der Waals surface area contributed by atoms with Gasteiger partial charge in [-0.25, -0.2) is 4.79 Å². The number of benzene rings is 2. The first kappa shape index (κ1) is 31.6. The summed E-state index contributed by atoms with van der Waals surface area (Å²) in [5.41, 5.74) is 1.37. The molecule has 46 heavy (non-hydrogen) atoms. The molecule has 3 amide bonds. The van der Waals surface area contributed by atoms with E-state index in [2.05, 4.69) is 20.9 Å². The van der Waals surface area contributed by atoms with Gasteiger partial charge in [0.1, 0.15) is 11.6 Å². The van der Waals surface area contributed by atoms with E-state index in [1.807, 2.05) is 60.8 Å². The fourth-order valence-corrected chi connectivity index (χ4v) is 8.31. The van der Waals surface area contributed by atoms with Crippen LogP contribution in [0.4, 0.5) is 4.79 Å². The Balaban J connectivity index is 1.15. The summed E-state index contributed by atoms with van der Waals surface area (Å²) in [6, 6.07) is 16.8. The quantitative estimate of drug-likeness (QED) is 0.175. The van der Waals surface area contributed by atoms with Crippen LogP contribution in [0.2, 0.25) is 0 Å². The van der Waals surface area contributed by atoms with Gasteiger partial charge in [-0.15, -0.1) is 0 Å². The van der Waals surface area contributed by atoms with Crippen LogP contribution in [0.25, 0.3) is 10.9 Å². The largest absolute Gasteiger partial charge is 0.481 e. The van der Waals surface area contributed by atoms with Crippen molar-refractivity contribution in [3.05, 3.63) is 71.9 Å². The van der Waals surface area contributed by atoms with Gasteiger partial charge in [0, 0.05) is 36.5 Å². The normalized spacial score (nSPS) is 24.9.